The van der Waals surface area contributed by atoms with Crippen molar-refractivity contribution in [1.29, 1.82) is 0 Å². The molecule has 0 radical (unpaired) electrons. The molecule has 0 unspecified atom stereocenters. The van der Waals surface area contributed by atoms with Gasteiger partial charge in [-0.05, 0) is 18.2 Å². The quantitative estimate of drug-likeness (QED) is 0.579. The number of carbonyl (C=O) groups excluding carboxylic acids is 1. The van der Waals surface area contributed by atoms with E-state index in [-0.39, 0.29) is 23.6 Å². The summed E-state index contributed by atoms with van der Waals surface area (Å²) in [6.07, 6.45) is 4.93. The molecule has 4 heterocycles. The van der Waals surface area contributed by atoms with Crippen molar-refractivity contribution in [2.75, 3.05) is 18.8 Å². The Labute approximate surface area is 161 Å². The Hall–Kier alpha value is -2.72. The van der Waals surface area contributed by atoms with Gasteiger partial charge in [-0.1, -0.05) is 0 Å². The zero-order valence-electron chi connectivity index (χ0n) is 15.0. The lowest BCUT2D eigenvalue weighted by Crippen LogP contribution is -2.42. The summed E-state index contributed by atoms with van der Waals surface area (Å²) in [5.41, 5.74) is 3.00. The van der Waals surface area contributed by atoms with Crippen LogP contribution in [0.25, 0.3) is 11.0 Å². The van der Waals surface area contributed by atoms with Crippen molar-refractivity contribution >= 4 is 26.8 Å². The van der Waals surface area contributed by atoms with Gasteiger partial charge in [0.1, 0.15) is 0 Å². The third-order valence-corrected chi connectivity index (χ3v) is 7.97. The average molecular weight is 400 g/mol. The molecule has 146 valence electrons. The van der Waals surface area contributed by atoms with Crippen LogP contribution in [0, 0.1) is 5.92 Å². The number of carbonyl (C=O) groups is 1. The topological polar surface area (TPSA) is 124 Å². The van der Waals surface area contributed by atoms with Gasteiger partial charge in [-0.3, -0.25) is 9.69 Å². The second-order valence-electron chi connectivity index (χ2n) is 7.52. The number of hydrogen-bond acceptors (Lipinski definition) is 6. The number of amides is 1. The number of hydrogen-bond donors (Lipinski definition) is 3. The van der Waals surface area contributed by atoms with Crippen LogP contribution in [-0.2, 0) is 16.4 Å². The summed E-state index contributed by atoms with van der Waals surface area (Å²) < 4.78 is 25.3. The Bertz CT molecular complexity index is 1120. The number of sulfone groups is 1. The van der Waals surface area contributed by atoms with Crippen molar-refractivity contribution in [3.05, 3.63) is 48.3 Å². The first-order valence-corrected chi connectivity index (χ1v) is 10.9. The van der Waals surface area contributed by atoms with E-state index in [1.165, 1.54) is 0 Å². The molecule has 0 aliphatic carbocycles. The minimum atomic E-state index is -3.24. The Morgan fingerprint density at radius 1 is 1.25 bits per heavy atom. The molecule has 1 aromatic carbocycles. The molecule has 10 heteroatoms. The molecule has 2 aliphatic heterocycles. The van der Waals surface area contributed by atoms with Crippen molar-refractivity contribution < 1.29 is 13.2 Å². The Morgan fingerprint density at radius 3 is 2.96 bits per heavy atom. The fourth-order valence-electron chi connectivity index (χ4n) is 4.36. The maximum Gasteiger partial charge on any atom is 0.251 e. The van der Waals surface area contributed by atoms with E-state index < -0.39 is 15.1 Å². The molecule has 1 amide bonds. The number of aromatic amines is 2. The molecule has 2 aliphatic rings. The molecule has 3 atom stereocenters. The summed E-state index contributed by atoms with van der Waals surface area (Å²) in [7, 11) is -3.24. The van der Waals surface area contributed by atoms with E-state index in [1.54, 1.807) is 37.1 Å². The van der Waals surface area contributed by atoms with Crippen LogP contribution in [0.5, 0.6) is 0 Å². The van der Waals surface area contributed by atoms with Gasteiger partial charge in [0.2, 0.25) is 0 Å². The molecular weight excluding hydrogens is 380 g/mol. The number of nitrogens with one attached hydrogen (secondary N) is 3. The smallest absolute Gasteiger partial charge is 0.251 e. The molecule has 9 nitrogen and oxygen atoms in total. The number of nitrogens with zero attached hydrogens (tertiary/aromatic N) is 3. The lowest BCUT2D eigenvalue weighted by Gasteiger charge is -2.20. The molecule has 2 aromatic heterocycles. The van der Waals surface area contributed by atoms with Crippen LogP contribution in [0.15, 0.2) is 37.1 Å². The summed E-state index contributed by atoms with van der Waals surface area (Å²) in [5.74, 6) is -0.365. The van der Waals surface area contributed by atoms with Crippen LogP contribution in [0.1, 0.15) is 16.1 Å². The fourth-order valence-corrected chi connectivity index (χ4v) is 6.69. The summed E-state index contributed by atoms with van der Waals surface area (Å²) in [6, 6.07) is 4.83. The normalized spacial score (nSPS) is 26.5. The van der Waals surface area contributed by atoms with E-state index in [1.807, 2.05) is 0 Å². The predicted octanol–water partition coefficient (Wildman–Crippen LogP) is 0.313. The van der Waals surface area contributed by atoms with Crippen molar-refractivity contribution in [3.8, 4) is 0 Å². The first-order chi connectivity index (χ1) is 13.5. The second kappa shape index (κ2) is 6.42. The van der Waals surface area contributed by atoms with Crippen LogP contribution in [0.4, 0.5) is 0 Å². The van der Waals surface area contributed by atoms with E-state index in [9.17, 15) is 13.2 Å². The van der Waals surface area contributed by atoms with Crippen molar-refractivity contribution in [3.63, 3.8) is 0 Å². The second-order valence-corrected chi connectivity index (χ2v) is 9.78. The summed E-state index contributed by atoms with van der Waals surface area (Å²) in [4.78, 5) is 29.0. The fraction of sp³-hybridized carbons (Fsp3) is 0.389. The molecule has 3 N–H and O–H groups in total. The highest BCUT2D eigenvalue weighted by Crippen LogP contribution is 2.34. The number of rotatable bonds is 4. The molecule has 2 saturated heterocycles. The van der Waals surface area contributed by atoms with Crippen LogP contribution in [0.2, 0.25) is 0 Å². The van der Waals surface area contributed by atoms with Gasteiger partial charge >= 0.3 is 0 Å². The van der Waals surface area contributed by atoms with E-state index in [0.29, 0.717) is 25.2 Å². The van der Waals surface area contributed by atoms with Crippen LogP contribution >= 0.6 is 0 Å². The Kier molecular flexibility index (Phi) is 3.98. The van der Waals surface area contributed by atoms with Crippen molar-refractivity contribution in [1.82, 2.24) is 30.2 Å². The van der Waals surface area contributed by atoms with E-state index >= 15 is 0 Å². The van der Waals surface area contributed by atoms with Crippen LogP contribution < -0.4 is 5.32 Å². The van der Waals surface area contributed by atoms with Crippen LogP contribution in [0.3, 0.4) is 0 Å². The van der Waals surface area contributed by atoms with Gasteiger partial charge < -0.3 is 15.3 Å². The minimum Gasteiger partial charge on any atom is -0.348 e. The van der Waals surface area contributed by atoms with Crippen LogP contribution in [-0.4, -0.2) is 69.3 Å². The first kappa shape index (κ1) is 17.4. The third-order valence-electron chi connectivity index (χ3n) is 5.72. The van der Waals surface area contributed by atoms with E-state index in [4.69, 9.17) is 0 Å². The number of aromatic nitrogens is 4. The van der Waals surface area contributed by atoms with Gasteiger partial charge in [-0.15, -0.1) is 0 Å². The van der Waals surface area contributed by atoms with Crippen molar-refractivity contribution in [2.45, 2.75) is 17.8 Å². The highest BCUT2D eigenvalue weighted by atomic mass is 32.2. The molecular formula is C18H20N6O3S. The number of benzene rings is 1. The molecule has 0 spiro atoms. The maximum absolute atomic E-state index is 12.7. The lowest BCUT2D eigenvalue weighted by molar-refractivity contribution is 0.0930. The van der Waals surface area contributed by atoms with Gasteiger partial charge in [0.05, 0.1) is 34.7 Å². The van der Waals surface area contributed by atoms with Gasteiger partial charge in [0, 0.05) is 49.0 Å². The largest absolute Gasteiger partial charge is 0.348 e. The zero-order chi connectivity index (χ0) is 19.3. The SMILES string of the molecule is O=C(N[C@@H]1CS(=O)(=O)[C@H]2CN(Cc3cnc[nH]3)C[C@@H]12)c1ccc2nc[nH]c2c1. The molecule has 5 rings (SSSR count). The molecule has 3 aromatic rings. The molecule has 0 bridgehead atoms. The van der Waals surface area contributed by atoms with Gasteiger partial charge in [-0.2, -0.15) is 0 Å². The number of imidazole rings is 2. The number of H-pyrrole nitrogens is 2. The summed E-state index contributed by atoms with van der Waals surface area (Å²) in [5, 5.41) is 2.52. The highest BCUT2D eigenvalue weighted by Gasteiger charge is 2.52. The first-order valence-electron chi connectivity index (χ1n) is 9.15. The highest BCUT2D eigenvalue weighted by molar-refractivity contribution is 7.92. The zero-order valence-corrected chi connectivity index (χ0v) is 15.8. The number of fused-ring (bicyclic) bond motifs is 2. The van der Waals surface area contributed by atoms with Crippen molar-refractivity contribution in [2.24, 2.45) is 5.92 Å². The lowest BCUT2D eigenvalue weighted by atomic mass is 10.00. The standard InChI is InChI=1S/C18H20N6O3S/c25-18(11-1-2-14-15(3-11)22-10-21-14)23-16-8-28(26,27)17-7-24(6-13(16)17)5-12-4-19-9-20-12/h1-4,9-10,13,16-17H,5-8H2,(H,19,20)(H,21,22)(H,23,25)/t13-,16+,17-/m0/s1. The average Bonchev–Trinajstić information content (AvgIpc) is 3.43. The third kappa shape index (κ3) is 2.98. The van der Waals surface area contributed by atoms with Gasteiger partial charge in [0.15, 0.2) is 9.84 Å². The Balaban J connectivity index is 1.32. The Morgan fingerprint density at radius 2 is 2.14 bits per heavy atom. The molecule has 28 heavy (non-hydrogen) atoms. The number of likely N-dealkylation sites (tertiary alicyclic amines) is 1. The molecule has 0 saturated carbocycles. The van der Waals surface area contributed by atoms with Gasteiger partial charge in [0.25, 0.3) is 5.91 Å². The minimum absolute atomic E-state index is 0.00171. The summed E-state index contributed by atoms with van der Waals surface area (Å²) >= 11 is 0. The van der Waals surface area contributed by atoms with Gasteiger partial charge in [-0.25, -0.2) is 18.4 Å². The predicted molar refractivity (Wildman–Crippen MR) is 102 cm³/mol. The monoisotopic (exact) mass is 400 g/mol. The van der Waals surface area contributed by atoms with E-state index in [2.05, 4.69) is 30.2 Å². The summed E-state index contributed by atoms with van der Waals surface area (Å²) in [6.45, 7) is 1.74. The maximum atomic E-state index is 12.7. The van der Waals surface area contributed by atoms with E-state index in [0.717, 1.165) is 16.7 Å². The molecule has 2 fully saturated rings.